The van der Waals surface area contributed by atoms with Crippen molar-refractivity contribution in [3.63, 3.8) is 0 Å². The molecule has 0 unspecified atom stereocenters. The molecule has 1 fully saturated rings. The average molecular weight is 326 g/mol. The molecule has 1 N–H and O–H groups in total. The van der Waals surface area contributed by atoms with E-state index in [9.17, 15) is 0 Å². The molecule has 0 amide bonds. The van der Waals surface area contributed by atoms with Crippen LogP contribution in [0.5, 0.6) is 5.75 Å². The highest BCUT2D eigenvalue weighted by Crippen LogP contribution is 2.39. The summed E-state index contributed by atoms with van der Waals surface area (Å²) in [6.45, 7) is 6.62. The Labute approximate surface area is 125 Å². The highest BCUT2D eigenvalue weighted by atomic mass is 79.9. The van der Waals surface area contributed by atoms with Gasteiger partial charge in [-0.25, -0.2) is 0 Å². The fourth-order valence-electron chi connectivity index (χ4n) is 2.43. The summed E-state index contributed by atoms with van der Waals surface area (Å²) in [6, 6.07) is 8.18. The SMILES string of the molecule is CC(C)CNCCC1(Oc2ccc(Br)cc2)CCC1. The van der Waals surface area contributed by atoms with Crippen molar-refractivity contribution in [1.29, 1.82) is 0 Å². The number of rotatable bonds is 7. The zero-order valence-electron chi connectivity index (χ0n) is 11.9. The Bertz CT molecular complexity index is 384. The molecule has 0 aliphatic heterocycles. The largest absolute Gasteiger partial charge is 0.487 e. The van der Waals surface area contributed by atoms with Crippen molar-refractivity contribution in [3.05, 3.63) is 28.7 Å². The normalized spacial score (nSPS) is 17.3. The van der Waals surface area contributed by atoms with Crippen LogP contribution >= 0.6 is 15.9 Å². The van der Waals surface area contributed by atoms with Crippen LogP contribution in [0.15, 0.2) is 28.7 Å². The van der Waals surface area contributed by atoms with Crippen LogP contribution in [0.4, 0.5) is 0 Å². The highest BCUT2D eigenvalue weighted by Gasteiger charge is 2.38. The first-order valence-corrected chi connectivity index (χ1v) is 8.04. The van der Waals surface area contributed by atoms with Gasteiger partial charge < -0.3 is 10.1 Å². The maximum atomic E-state index is 6.24. The lowest BCUT2D eigenvalue weighted by molar-refractivity contribution is -0.0143. The molecule has 0 bridgehead atoms. The van der Waals surface area contributed by atoms with E-state index in [2.05, 4.69) is 35.1 Å². The second-order valence-corrected chi connectivity index (χ2v) is 6.86. The molecule has 1 aliphatic carbocycles. The summed E-state index contributed by atoms with van der Waals surface area (Å²) in [5.74, 6) is 1.71. The Morgan fingerprint density at radius 1 is 1.26 bits per heavy atom. The number of hydrogen-bond acceptors (Lipinski definition) is 2. The van der Waals surface area contributed by atoms with Gasteiger partial charge in [0, 0.05) is 4.47 Å². The van der Waals surface area contributed by atoms with Gasteiger partial charge in [-0.3, -0.25) is 0 Å². The van der Waals surface area contributed by atoms with E-state index in [4.69, 9.17) is 4.74 Å². The topological polar surface area (TPSA) is 21.3 Å². The average Bonchev–Trinajstić information content (AvgIpc) is 2.33. The molecule has 3 heteroatoms. The summed E-state index contributed by atoms with van der Waals surface area (Å²) >= 11 is 3.46. The summed E-state index contributed by atoms with van der Waals surface area (Å²) in [4.78, 5) is 0. The van der Waals surface area contributed by atoms with Crippen molar-refractivity contribution < 1.29 is 4.74 Å². The van der Waals surface area contributed by atoms with Crippen LogP contribution in [0, 0.1) is 5.92 Å². The Kier molecular flexibility index (Phi) is 5.28. The van der Waals surface area contributed by atoms with Crippen molar-refractivity contribution in [2.45, 2.75) is 45.1 Å². The minimum absolute atomic E-state index is 0.0812. The van der Waals surface area contributed by atoms with Crippen LogP contribution in [-0.4, -0.2) is 18.7 Å². The molecule has 0 saturated heterocycles. The minimum Gasteiger partial charge on any atom is -0.487 e. The first-order chi connectivity index (χ1) is 9.10. The third-order valence-electron chi connectivity index (χ3n) is 3.72. The van der Waals surface area contributed by atoms with E-state index < -0.39 is 0 Å². The maximum absolute atomic E-state index is 6.24. The van der Waals surface area contributed by atoms with Gasteiger partial charge in [0.15, 0.2) is 0 Å². The van der Waals surface area contributed by atoms with Crippen molar-refractivity contribution in [2.24, 2.45) is 5.92 Å². The zero-order chi connectivity index (χ0) is 13.7. The fraction of sp³-hybridized carbons (Fsp3) is 0.625. The van der Waals surface area contributed by atoms with Crippen molar-refractivity contribution in [3.8, 4) is 5.75 Å². The Morgan fingerprint density at radius 3 is 2.47 bits per heavy atom. The number of ether oxygens (including phenoxy) is 1. The molecular weight excluding hydrogens is 302 g/mol. The maximum Gasteiger partial charge on any atom is 0.120 e. The molecule has 0 aromatic heterocycles. The van der Waals surface area contributed by atoms with Crippen molar-refractivity contribution in [2.75, 3.05) is 13.1 Å². The molecule has 1 aliphatic rings. The van der Waals surface area contributed by atoms with Gasteiger partial charge in [-0.2, -0.15) is 0 Å². The highest BCUT2D eigenvalue weighted by molar-refractivity contribution is 9.10. The summed E-state index contributed by atoms with van der Waals surface area (Å²) < 4.78 is 7.34. The van der Waals surface area contributed by atoms with Crippen LogP contribution < -0.4 is 10.1 Å². The van der Waals surface area contributed by atoms with Crippen LogP contribution in [0.3, 0.4) is 0 Å². The van der Waals surface area contributed by atoms with Crippen molar-refractivity contribution in [1.82, 2.24) is 5.32 Å². The molecular formula is C16H24BrNO. The number of benzene rings is 1. The molecule has 1 aromatic carbocycles. The van der Waals surface area contributed by atoms with Crippen LogP contribution in [-0.2, 0) is 0 Å². The molecule has 0 radical (unpaired) electrons. The summed E-state index contributed by atoms with van der Waals surface area (Å²) in [5.41, 5.74) is 0.0812. The van der Waals surface area contributed by atoms with E-state index in [-0.39, 0.29) is 5.60 Å². The van der Waals surface area contributed by atoms with Gasteiger partial charge in [-0.15, -0.1) is 0 Å². The van der Waals surface area contributed by atoms with Crippen LogP contribution in [0.25, 0.3) is 0 Å². The Balaban J connectivity index is 1.82. The smallest absolute Gasteiger partial charge is 0.120 e. The van der Waals surface area contributed by atoms with Gasteiger partial charge in [-0.05, 0) is 69.0 Å². The Morgan fingerprint density at radius 2 is 1.95 bits per heavy atom. The standard InChI is InChI=1S/C16H24BrNO/c1-13(2)12-18-11-10-16(8-3-9-16)19-15-6-4-14(17)5-7-15/h4-7,13,18H,3,8-12H2,1-2H3. The fourth-order valence-corrected chi connectivity index (χ4v) is 2.70. The van der Waals surface area contributed by atoms with E-state index in [0.717, 1.165) is 29.7 Å². The number of hydrogen-bond donors (Lipinski definition) is 1. The molecule has 19 heavy (non-hydrogen) atoms. The first kappa shape index (κ1) is 14.9. The summed E-state index contributed by atoms with van der Waals surface area (Å²) in [5, 5.41) is 3.52. The molecule has 0 heterocycles. The third-order valence-corrected chi connectivity index (χ3v) is 4.25. The molecule has 106 valence electrons. The molecule has 1 saturated carbocycles. The van der Waals surface area contributed by atoms with Gasteiger partial charge in [0.25, 0.3) is 0 Å². The molecule has 2 nitrogen and oxygen atoms in total. The first-order valence-electron chi connectivity index (χ1n) is 7.25. The van der Waals surface area contributed by atoms with Crippen LogP contribution in [0.2, 0.25) is 0 Å². The predicted molar refractivity (Wildman–Crippen MR) is 83.7 cm³/mol. The van der Waals surface area contributed by atoms with Gasteiger partial charge in [0.1, 0.15) is 11.4 Å². The summed E-state index contributed by atoms with van der Waals surface area (Å²) in [6.07, 6.45) is 4.77. The van der Waals surface area contributed by atoms with Gasteiger partial charge in [0.05, 0.1) is 0 Å². The number of halogens is 1. The second kappa shape index (κ2) is 6.76. The predicted octanol–water partition coefficient (Wildman–Crippen LogP) is 4.39. The summed E-state index contributed by atoms with van der Waals surface area (Å²) in [7, 11) is 0. The van der Waals surface area contributed by atoms with E-state index >= 15 is 0 Å². The molecule has 0 spiro atoms. The molecule has 0 atom stereocenters. The van der Waals surface area contributed by atoms with E-state index in [0.29, 0.717) is 5.92 Å². The quantitative estimate of drug-likeness (QED) is 0.751. The third kappa shape index (κ3) is 4.50. The lowest BCUT2D eigenvalue weighted by atomic mass is 9.77. The van der Waals surface area contributed by atoms with Gasteiger partial charge in [0.2, 0.25) is 0 Å². The zero-order valence-corrected chi connectivity index (χ0v) is 13.5. The minimum atomic E-state index is 0.0812. The second-order valence-electron chi connectivity index (χ2n) is 5.94. The van der Waals surface area contributed by atoms with Gasteiger partial charge >= 0.3 is 0 Å². The molecule has 1 aromatic rings. The lowest BCUT2D eigenvalue weighted by Gasteiger charge is -2.42. The van der Waals surface area contributed by atoms with E-state index in [1.807, 2.05) is 24.3 Å². The van der Waals surface area contributed by atoms with Gasteiger partial charge in [-0.1, -0.05) is 29.8 Å². The van der Waals surface area contributed by atoms with E-state index in [1.54, 1.807) is 0 Å². The lowest BCUT2D eigenvalue weighted by Crippen LogP contribution is -2.45. The van der Waals surface area contributed by atoms with Crippen LogP contribution in [0.1, 0.15) is 39.5 Å². The van der Waals surface area contributed by atoms with E-state index in [1.165, 1.54) is 19.3 Å². The number of nitrogens with one attached hydrogen (secondary N) is 1. The van der Waals surface area contributed by atoms with Crippen molar-refractivity contribution >= 4 is 15.9 Å². The monoisotopic (exact) mass is 325 g/mol. The molecule has 2 rings (SSSR count). The Hall–Kier alpha value is -0.540.